The lowest BCUT2D eigenvalue weighted by Gasteiger charge is -2.24. The summed E-state index contributed by atoms with van der Waals surface area (Å²) in [5.74, 6) is -1.31. The van der Waals surface area contributed by atoms with Crippen LogP contribution in [0.15, 0.2) is 36.4 Å². The molecule has 25 heavy (non-hydrogen) atoms. The van der Waals surface area contributed by atoms with Crippen molar-refractivity contribution in [2.75, 3.05) is 13.2 Å². The van der Waals surface area contributed by atoms with Crippen LogP contribution in [-0.2, 0) is 11.3 Å². The number of ether oxygens (including phenoxy) is 2. The molecule has 0 N–H and O–H groups in total. The van der Waals surface area contributed by atoms with Crippen LogP contribution < -0.4 is 9.47 Å². The summed E-state index contributed by atoms with van der Waals surface area (Å²) >= 11 is 0. The molecule has 3 rings (SSSR count). The summed E-state index contributed by atoms with van der Waals surface area (Å²) in [6, 6.07) is 9.06. The van der Waals surface area contributed by atoms with E-state index in [0.29, 0.717) is 19.7 Å². The number of carbonyl (C=O) groups excluding carboxylic acids is 1. The van der Waals surface area contributed by atoms with E-state index >= 15 is 0 Å². The molecular weight excluding hydrogens is 328 g/mol. The lowest BCUT2D eigenvalue weighted by molar-refractivity contribution is -0.138. The first-order valence-electron chi connectivity index (χ1n) is 8.07. The maximum absolute atomic E-state index is 13.3. The van der Waals surface area contributed by atoms with Crippen molar-refractivity contribution in [1.29, 1.82) is 0 Å². The molecule has 2 aromatic rings. The Bertz CT molecular complexity index is 794. The van der Waals surface area contributed by atoms with E-state index in [0.717, 1.165) is 29.0 Å². The zero-order valence-electron chi connectivity index (χ0n) is 14.1. The van der Waals surface area contributed by atoms with Gasteiger partial charge in [0.25, 0.3) is 5.91 Å². The molecule has 0 spiro atoms. The lowest BCUT2D eigenvalue weighted by Crippen LogP contribution is -2.41. The van der Waals surface area contributed by atoms with E-state index in [4.69, 9.17) is 9.47 Å². The van der Waals surface area contributed by atoms with Gasteiger partial charge in [-0.1, -0.05) is 17.7 Å². The molecule has 1 aliphatic rings. The van der Waals surface area contributed by atoms with Gasteiger partial charge in [-0.25, -0.2) is 8.78 Å². The molecule has 2 aromatic carbocycles. The summed E-state index contributed by atoms with van der Waals surface area (Å²) in [6.45, 7) is 4.80. The minimum atomic E-state index is -1.01. The average molecular weight is 347 g/mol. The van der Waals surface area contributed by atoms with Crippen LogP contribution in [0.1, 0.15) is 18.1 Å². The van der Waals surface area contributed by atoms with Crippen LogP contribution in [0.25, 0.3) is 0 Å². The summed E-state index contributed by atoms with van der Waals surface area (Å²) in [7, 11) is 0. The molecule has 0 saturated heterocycles. The maximum Gasteiger partial charge on any atom is 0.263 e. The summed E-state index contributed by atoms with van der Waals surface area (Å²) in [4.78, 5) is 14.3. The molecule has 1 unspecified atom stereocenters. The van der Waals surface area contributed by atoms with E-state index in [1.807, 2.05) is 25.1 Å². The summed E-state index contributed by atoms with van der Waals surface area (Å²) in [6.07, 6.45) is -0.823. The highest BCUT2D eigenvalue weighted by atomic mass is 19.2. The van der Waals surface area contributed by atoms with Gasteiger partial charge in [0.1, 0.15) is 18.1 Å². The second-order valence-corrected chi connectivity index (χ2v) is 6.06. The van der Waals surface area contributed by atoms with Crippen LogP contribution in [0, 0.1) is 18.6 Å². The van der Waals surface area contributed by atoms with Gasteiger partial charge in [-0.3, -0.25) is 4.79 Å². The van der Waals surface area contributed by atoms with E-state index in [1.54, 1.807) is 11.8 Å². The van der Waals surface area contributed by atoms with Gasteiger partial charge in [-0.2, -0.15) is 0 Å². The molecule has 6 heteroatoms. The second-order valence-electron chi connectivity index (χ2n) is 6.06. The number of nitrogens with zero attached hydrogens (tertiary/aromatic N) is 1. The average Bonchev–Trinajstić information content (AvgIpc) is 2.79. The third-order valence-electron chi connectivity index (χ3n) is 4.06. The molecule has 1 atom stereocenters. The Morgan fingerprint density at radius 2 is 2.00 bits per heavy atom. The minimum Gasteiger partial charge on any atom is -0.491 e. The molecule has 132 valence electrons. The van der Waals surface area contributed by atoms with Crippen molar-refractivity contribution in [2.24, 2.45) is 0 Å². The van der Waals surface area contributed by atoms with E-state index in [2.05, 4.69) is 0 Å². The summed E-state index contributed by atoms with van der Waals surface area (Å²) in [5.41, 5.74) is 2.02. The molecular formula is C19H19F2NO3. The highest BCUT2D eigenvalue weighted by Crippen LogP contribution is 2.25. The van der Waals surface area contributed by atoms with Crippen molar-refractivity contribution < 1.29 is 23.0 Å². The third kappa shape index (κ3) is 3.90. The van der Waals surface area contributed by atoms with Gasteiger partial charge in [0.15, 0.2) is 17.7 Å². The monoisotopic (exact) mass is 347 g/mol. The van der Waals surface area contributed by atoms with Crippen LogP contribution in [0.3, 0.4) is 0 Å². The molecule has 0 fully saturated rings. The predicted molar refractivity (Wildman–Crippen MR) is 88.5 cm³/mol. The molecule has 1 amide bonds. The van der Waals surface area contributed by atoms with Gasteiger partial charge >= 0.3 is 0 Å². The first-order valence-corrected chi connectivity index (χ1v) is 8.07. The number of aryl methyl sites for hydroxylation is 1. The topological polar surface area (TPSA) is 38.8 Å². The van der Waals surface area contributed by atoms with Crippen molar-refractivity contribution in [3.63, 3.8) is 0 Å². The van der Waals surface area contributed by atoms with Gasteiger partial charge in [0.2, 0.25) is 0 Å². The number of hydrogen-bond acceptors (Lipinski definition) is 3. The largest absolute Gasteiger partial charge is 0.491 e. The van der Waals surface area contributed by atoms with Gasteiger partial charge in [-0.15, -0.1) is 0 Å². The Kier molecular flexibility index (Phi) is 4.88. The van der Waals surface area contributed by atoms with Gasteiger partial charge < -0.3 is 14.4 Å². The quantitative estimate of drug-likeness (QED) is 0.853. The first kappa shape index (κ1) is 17.2. The number of rotatable bonds is 3. The van der Waals surface area contributed by atoms with Crippen LogP contribution in [-0.4, -0.2) is 30.1 Å². The Morgan fingerprint density at radius 1 is 1.20 bits per heavy atom. The van der Waals surface area contributed by atoms with Gasteiger partial charge in [0, 0.05) is 18.2 Å². The Hall–Kier alpha value is -2.63. The van der Waals surface area contributed by atoms with Crippen LogP contribution in [0.2, 0.25) is 0 Å². The zero-order valence-corrected chi connectivity index (χ0v) is 14.1. The van der Waals surface area contributed by atoms with Crippen LogP contribution in [0.5, 0.6) is 11.5 Å². The zero-order chi connectivity index (χ0) is 18.0. The van der Waals surface area contributed by atoms with Gasteiger partial charge in [0.05, 0.1) is 6.54 Å². The molecule has 0 radical (unpaired) electrons. The highest BCUT2D eigenvalue weighted by Gasteiger charge is 2.25. The fourth-order valence-electron chi connectivity index (χ4n) is 2.77. The summed E-state index contributed by atoms with van der Waals surface area (Å²) < 4.78 is 37.4. The van der Waals surface area contributed by atoms with E-state index in [9.17, 15) is 13.6 Å². The fourth-order valence-corrected chi connectivity index (χ4v) is 2.77. The normalized spacial score (nSPS) is 15.0. The minimum absolute atomic E-state index is 0.113. The number of amides is 1. The number of halogens is 2. The number of fused-ring (bicyclic) bond motifs is 1. The van der Waals surface area contributed by atoms with E-state index < -0.39 is 17.7 Å². The third-order valence-corrected chi connectivity index (χ3v) is 4.06. The van der Waals surface area contributed by atoms with Crippen LogP contribution in [0.4, 0.5) is 8.78 Å². The summed E-state index contributed by atoms with van der Waals surface area (Å²) in [5, 5.41) is 0. The van der Waals surface area contributed by atoms with Crippen molar-refractivity contribution in [2.45, 2.75) is 26.5 Å². The smallest absolute Gasteiger partial charge is 0.263 e. The van der Waals surface area contributed by atoms with Crippen molar-refractivity contribution in [3.05, 3.63) is 59.2 Å². The van der Waals surface area contributed by atoms with Crippen molar-refractivity contribution in [3.8, 4) is 11.5 Å². The Balaban J connectivity index is 1.72. The standard InChI is InChI=1S/C19H19F2NO3/c1-12-3-6-18-14(9-12)11-22(7-8-24-18)19(23)13(2)25-15-4-5-16(20)17(21)10-15/h3-6,9-10,13H,7-8,11H2,1-2H3. The lowest BCUT2D eigenvalue weighted by atomic mass is 10.1. The Labute approximate surface area is 145 Å². The number of carbonyl (C=O) groups is 1. The SMILES string of the molecule is Cc1ccc2c(c1)CN(C(=O)C(C)Oc1ccc(F)c(F)c1)CCO2. The van der Waals surface area contributed by atoms with E-state index in [1.165, 1.54) is 6.07 Å². The van der Waals surface area contributed by atoms with Crippen molar-refractivity contribution >= 4 is 5.91 Å². The number of benzene rings is 2. The second kappa shape index (κ2) is 7.09. The molecule has 0 aromatic heterocycles. The van der Waals surface area contributed by atoms with Crippen molar-refractivity contribution in [1.82, 2.24) is 4.90 Å². The Morgan fingerprint density at radius 3 is 2.76 bits per heavy atom. The number of hydrogen-bond donors (Lipinski definition) is 0. The highest BCUT2D eigenvalue weighted by molar-refractivity contribution is 5.81. The molecule has 0 aliphatic carbocycles. The van der Waals surface area contributed by atoms with E-state index in [-0.39, 0.29) is 11.7 Å². The van der Waals surface area contributed by atoms with Crippen LogP contribution >= 0.6 is 0 Å². The predicted octanol–water partition coefficient (Wildman–Crippen LogP) is 3.46. The first-order chi connectivity index (χ1) is 11.9. The molecule has 1 aliphatic heterocycles. The molecule has 4 nitrogen and oxygen atoms in total. The fraction of sp³-hybridized carbons (Fsp3) is 0.316. The molecule has 0 bridgehead atoms. The molecule has 1 heterocycles. The maximum atomic E-state index is 13.3. The van der Waals surface area contributed by atoms with Gasteiger partial charge in [-0.05, 0) is 32.0 Å². The molecule has 0 saturated carbocycles.